The van der Waals surface area contributed by atoms with E-state index in [2.05, 4.69) is 25.3 Å². The Balaban J connectivity index is 0.000000240. The van der Waals surface area contributed by atoms with E-state index in [1.165, 1.54) is 0 Å². The highest BCUT2D eigenvalue weighted by Crippen LogP contribution is 2.10. The highest BCUT2D eigenvalue weighted by atomic mass is 32.2. The van der Waals surface area contributed by atoms with Crippen LogP contribution in [0, 0.1) is 0 Å². The normalized spacial score (nSPS) is 11.4. The molecule has 2 rings (SSSR count). The molecule has 0 atom stereocenters. The summed E-state index contributed by atoms with van der Waals surface area (Å²) in [4.78, 5) is 0.748. The Morgan fingerprint density at radius 2 is 0.875 bits per heavy atom. The molecule has 0 unspecified atom stereocenters. The maximum Gasteiger partial charge on any atom is 0.179 e. The molecule has 24 heavy (non-hydrogen) atoms. The van der Waals surface area contributed by atoms with Crippen molar-refractivity contribution >= 4 is 44.9 Å². The third-order valence-electron chi connectivity index (χ3n) is 2.92. The Hall–Kier alpha value is -0.960. The summed E-state index contributed by atoms with van der Waals surface area (Å²) >= 11 is 7.77. The summed E-state index contributed by atoms with van der Waals surface area (Å²) in [5.74, 6) is 0.911. The lowest BCUT2D eigenvalue weighted by Crippen LogP contribution is -2.07. The van der Waals surface area contributed by atoms with Gasteiger partial charge in [0, 0.05) is 11.5 Å². The molecule has 0 amide bonds. The van der Waals surface area contributed by atoms with Gasteiger partial charge in [-0.1, -0.05) is 36.4 Å². The molecule has 0 radical (unpaired) electrons. The van der Waals surface area contributed by atoms with Crippen molar-refractivity contribution in [2.24, 2.45) is 0 Å². The average molecular weight is 405 g/mol. The van der Waals surface area contributed by atoms with Gasteiger partial charge >= 0.3 is 0 Å². The van der Waals surface area contributed by atoms with Crippen LogP contribution in [0.15, 0.2) is 70.5 Å². The molecule has 0 heterocycles. The van der Waals surface area contributed by atoms with Crippen molar-refractivity contribution in [3.05, 3.63) is 60.7 Å². The Morgan fingerprint density at radius 3 is 1.12 bits per heavy atom. The summed E-state index contributed by atoms with van der Waals surface area (Å²) < 4.78 is 45.5. The molecule has 0 bridgehead atoms. The van der Waals surface area contributed by atoms with Crippen molar-refractivity contribution in [2.45, 2.75) is 9.79 Å². The molecule has 0 aliphatic rings. The Kier molecular flexibility index (Phi) is 8.90. The summed E-state index contributed by atoms with van der Waals surface area (Å²) in [7, 11) is -6.17. The number of rotatable bonds is 6. The lowest BCUT2D eigenvalue weighted by Gasteiger charge is -2.00. The number of thiol groups is 2. The first kappa shape index (κ1) is 21.1. The lowest BCUT2D eigenvalue weighted by molar-refractivity contribution is 0.596. The first-order valence-electron chi connectivity index (χ1n) is 7.11. The van der Waals surface area contributed by atoms with Crippen molar-refractivity contribution in [3.8, 4) is 0 Å². The number of sulfone groups is 2. The van der Waals surface area contributed by atoms with Crippen LogP contribution >= 0.6 is 25.3 Å². The van der Waals surface area contributed by atoms with E-state index in [0.29, 0.717) is 21.3 Å². The second-order valence-electron chi connectivity index (χ2n) is 4.71. The highest BCUT2D eigenvalue weighted by molar-refractivity contribution is 7.93. The van der Waals surface area contributed by atoms with Gasteiger partial charge in [-0.3, -0.25) is 0 Å². The van der Waals surface area contributed by atoms with Crippen molar-refractivity contribution in [3.63, 3.8) is 0 Å². The predicted octanol–water partition coefficient (Wildman–Crippen LogP) is 2.78. The molecule has 8 heteroatoms. The van der Waals surface area contributed by atoms with Crippen molar-refractivity contribution in [1.82, 2.24) is 0 Å². The van der Waals surface area contributed by atoms with Gasteiger partial charge in [-0.2, -0.15) is 25.3 Å². The molecule has 132 valence electrons. The van der Waals surface area contributed by atoms with Gasteiger partial charge in [-0.15, -0.1) is 0 Å². The maximum atomic E-state index is 11.4. The predicted molar refractivity (Wildman–Crippen MR) is 105 cm³/mol. The minimum Gasteiger partial charge on any atom is -0.224 e. The van der Waals surface area contributed by atoms with Crippen LogP contribution in [0.4, 0.5) is 0 Å². The van der Waals surface area contributed by atoms with Gasteiger partial charge in [-0.25, -0.2) is 16.8 Å². The topological polar surface area (TPSA) is 68.3 Å². The van der Waals surface area contributed by atoms with E-state index in [1.54, 1.807) is 60.7 Å². The van der Waals surface area contributed by atoms with Gasteiger partial charge in [0.1, 0.15) is 0 Å². The summed E-state index contributed by atoms with van der Waals surface area (Å²) in [5.41, 5.74) is 0. The third kappa shape index (κ3) is 6.88. The highest BCUT2D eigenvalue weighted by Gasteiger charge is 2.12. The van der Waals surface area contributed by atoms with Gasteiger partial charge in [0.25, 0.3) is 0 Å². The van der Waals surface area contributed by atoms with E-state index in [0.717, 1.165) is 0 Å². The molecule has 0 spiro atoms. The Bertz CT molecular complexity index is 730. The first-order valence-corrected chi connectivity index (χ1v) is 11.7. The van der Waals surface area contributed by atoms with Gasteiger partial charge in [-0.05, 0) is 24.3 Å². The molecule has 4 nitrogen and oxygen atoms in total. The van der Waals surface area contributed by atoms with Crippen LogP contribution in [0.1, 0.15) is 0 Å². The molecule has 2 aromatic carbocycles. The molecule has 0 saturated carbocycles. The number of benzene rings is 2. The minimum absolute atomic E-state index is 0.0973. The molecule has 0 N–H and O–H groups in total. The average Bonchev–Trinajstić information content (AvgIpc) is 2.57. The third-order valence-corrected chi connectivity index (χ3v) is 7.44. The van der Waals surface area contributed by atoms with Gasteiger partial charge in [0.05, 0.1) is 21.3 Å². The van der Waals surface area contributed by atoms with Gasteiger partial charge in [0.2, 0.25) is 0 Å². The lowest BCUT2D eigenvalue weighted by atomic mass is 10.4. The zero-order chi connectivity index (χ0) is 18.1. The second-order valence-corrected chi connectivity index (χ2v) is 9.82. The molecule has 0 aromatic heterocycles. The van der Waals surface area contributed by atoms with Crippen molar-refractivity contribution < 1.29 is 16.8 Å². The van der Waals surface area contributed by atoms with E-state index < -0.39 is 19.7 Å². The monoisotopic (exact) mass is 404 g/mol. The smallest absolute Gasteiger partial charge is 0.179 e. The fraction of sp³-hybridized carbons (Fsp3) is 0.250. The second kappa shape index (κ2) is 10.1. The molecule has 0 fully saturated rings. The molecular formula is C16H20O4S4. The summed E-state index contributed by atoms with van der Waals surface area (Å²) in [5, 5.41) is 0. The quantitative estimate of drug-likeness (QED) is 0.727. The molecule has 0 saturated heterocycles. The maximum absolute atomic E-state index is 11.4. The van der Waals surface area contributed by atoms with Gasteiger partial charge in [0.15, 0.2) is 19.7 Å². The van der Waals surface area contributed by atoms with E-state index in [9.17, 15) is 16.8 Å². The number of hydrogen-bond donors (Lipinski definition) is 2. The standard InChI is InChI=1S/2C8H10O2S2/c2*9-12(10,7-6-11)8-4-2-1-3-5-8/h2*1-5,11H,6-7H2. The summed E-state index contributed by atoms with van der Waals surface area (Å²) in [6, 6.07) is 16.8. The van der Waals surface area contributed by atoms with Crippen LogP contribution in [0.25, 0.3) is 0 Å². The van der Waals surface area contributed by atoms with E-state index >= 15 is 0 Å². The Morgan fingerprint density at radius 1 is 0.583 bits per heavy atom. The zero-order valence-electron chi connectivity index (χ0n) is 12.9. The van der Waals surface area contributed by atoms with Crippen LogP contribution in [0.3, 0.4) is 0 Å². The minimum atomic E-state index is -3.09. The number of hydrogen-bond acceptors (Lipinski definition) is 6. The van der Waals surface area contributed by atoms with Gasteiger partial charge < -0.3 is 0 Å². The summed E-state index contributed by atoms with van der Waals surface area (Å²) in [6.07, 6.45) is 0. The zero-order valence-corrected chi connectivity index (χ0v) is 16.4. The SMILES string of the molecule is O=S(=O)(CCS)c1ccccc1.O=S(=O)(CCS)c1ccccc1. The van der Waals surface area contributed by atoms with Crippen LogP contribution < -0.4 is 0 Å². The van der Waals surface area contributed by atoms with E-state index in [4.69, 9.17) is 0 Å². The van der Waals surface area contributed by atoms with Crippen molar-refractivity contribution in [1.29, 1.82) is 0 Å². The fourth-order valence-electron chi connectivity index (χ4n) is 1.73. The van der Waals surface area contributed by atoms with Crippen LogP contribution in [-0.4, -0.2) is 39.8 Å². The van der Waals surface area contributed by atoms with Crippen LogP contribution in [0.2, 0.25) is 0 Å². The molecule has 0 aliphatic carbocycles. The van der Waals surface area contributed by atoms with Crippen LogP contribution in [-0.2, 0) is 19.7 Å². The Labute approximate surface area is 155 Å². The largest absolute Gasteiger partial charge is 0.224 e. The summed E-state index contributed by atoms with van der Waals surface area (Å²) in [6.45, 7) is 0. The molecular weight excluding hydrogens is 384 g/mol. The van der Waals surface area contributed by atoms with Crippen molar-refractivity contribution in [2.75, 3.05) is 23.0 Å². The molecule has 0 aliphatic heterocycles. The fourth-order valence-corrected chi connectivity index (χ4v) is 5.27. The molecule has 2 aromatic rings. The van der Waals surface area contributed by atoms with E-state index in [-0.39, 0.29) is 11.5 Å². The van der Waals surface area contributed by atoms with E-state index in [1.807, 2.05) is 0 Å². The first-order chi connectivity index (χ1) is 11.3. The van der Waals surface area contributed by atoms with Crippen LogP contribution in [0.5, 0.6) is 0 Å².